The van der Waals surface area contributed by atoms with Crippen LogP contribution in [-0.4, -0.2) is 17.2 Å². The number of anilines is 1. The molecule has 0 bridgehead atoms. The molecule has 0 spiro atoms. The largest absolute Gasteiger partial charge is 0.352 e. The summed E-state index contributed by atoms with van der Waals surface area (Å²) in [5.41, 5.74) is 1.24. The van der Waals surface area contributed by atoms with Gasteiger partial charge in [-0.25, -0.2) is 0 Å². The molecular weight excluding hydrogens is 306 g/mol. The molecule has 1 aromatic rings. The van der Waals surface area contributed by atoms with Crippen molar-refractivity contribution in [2.45, 2.75) is 38.4 Å². The molecular formula is C15H20ClN3OS. The molecule has 1 amide bonds. The number of hydrogen-bond acceptors (Lipinski definition) is 4. The monoisotopic (exact) mass is 325 g/mol. The van der Waals surface area contributed by atoms with Crippen molar-refractivity contribution in [2.24, 2.45) is 0 Å². The van der Waals surface area contributed by atoms with E-state index in [0.717, 1.165) is 5.69 Å². The fourth-order valence-corrected chi connectivity index (χ4v) is 2.23. The van der Waals surface area contributed by atoms with Gasteiger partial charge in [0.25, 0.3) is 5.91 Å². The summed E-state index contributed by atoms with van der Waals surface area (Å²) >= 11 is 7.52. The zero-order chi connectivity index (χ0) is 15.9. The smallest absolute Gasteiger partial charge is 0.253 e. The van der Waals surface area contributed by atoms with Gasteiger partial charge in [-0.2, -0.15) is 5.26 Å². The minimum Gasteiger partial charge on any atom is -0.352 e. The Balaban J connectivity index is 2.76. The van der Waals surface area contributed by atoms with Crippen LogP contribution >= 0.6 is 23.5 Å². The molecule has 0 aliphatic rings. The molecule has 0 fully saturated rings. The predicted molar refractivity (Wildman–Crippen MR) is 89.6 cm³/mol. The van der Waals surface area contributed by atoms with Crippen LogP contribution in [0.1, 0.15) is 44.0 Å². The Morgan fingerprint density at radius 2 is 2.14 bits per heavy atom. The number of nitriles is 1. The van der Waals surface area contributed by atoms with E-state index in [4.69, 9.17) is 16.9 Å². The number of hydrogen-bond donors (Lipinski definition) is 2. The molecule has 21 heavy (non-hydrogen) atoms. The minimum absolute atomic E-state index is 0.0280. The van der Waals surface area contributed by atoms with Gasteiger partial charge in [-0.1, -0.05) is 11.6 Å². The van der Waals surface area contributed by atoms with Crippen LogP contribution in [0.4, 0.5) is 5.69 Å². The van der Waals surface area contributed by atoms with Crippen molar-refractivity contribution >= 4 is 35.1 Å². The van der Waals surface area contributed by atoms with Crippen LogP contribution in [-0.2, 0) is 0 Å². The Hall–Kier alpha value is -1.38. The van der Waals surface area contributed by atoms with Crippen LogP contribution in [0.15, 0.2) is 18.2 Å². The summed E-state index contributed by atoms with van der Waals surface area (Å²) in [6, 6.07) is 7.24. The normalized spacial score (nSPS) is 10.8. The molecule has 6 heteroatoms. The Morgan fingerprint density at radius 1 is 1.43 bits per heavy atom. The van der Waals surface area contributed by atoms with Gasteiger partial charge in [0.1, 0.15) is 0 Å². The lowest BCUT2D eigenvalue weighted by Crippen LogP contribution is -2.25. The third-order valence-electron chi connectivity index (χ3n) is 2.44. The SMILES string of the molecule is CC(C)(C)SNc1ccc(Cl)cc1C(=O)NCCCC#N. The van der Waals surface area contributed by atoms with Crippen LogP contribution in [0.2, 0.25) is 5.02 Å². The number of carbonyl (C=O) groups is 1. The third-order valence-corrected chi connectivity index (χ3v) is 3.61. The molecule has 0 aromatic heterocycles. The van der Waals surface area contributed by atoms with E-state index in [1.807, 2.05) is 0 Å². The van der Waals surface area contributed by atoms with Crippen LogP contribution in [0.25, 0.3) is 0 Å². The van der Waals surface area contributed by atoms with Crippen molar-refractivity contribution in [3.05, 3.63) is 28.8 Å². The van der Waals surface area contributed by atoms with Crippen LogP contribution in [0.5, 0.6) is 0 Å². The lowest BCUT2D eigenvalue weighted by molar-refractivity contribution is 0.0954. The molecule has 4 nitrogen and oxygen atoms in total. The number of benzene rings is 1. The summed E-state index contributed by atoms with van der Waals surface area (Å²) in [6.07, 6.45) is 1.07. The number of carbonyl (C=O) groups excluding carboxylic acids is 1. The Labute approximate surface area is 135 Å². The molecule has 0 heterocycles. The summed E-state index contributed by atoms with van der Waals surface area (Å²) in [6.45, 7) is 6.73. The molecule has 0 atom stereocenters. The predicted octanol–water partition coefficient (Wildman–Crippen LogP) is 4.23. The molecule has 0 saturated carbocycles. The van der Waals surface area contributed by atoms with Crippen LogP contribution in [0.3, 0.4) is 0 Å². The molecule has 114 valence electrons. The third kappa shape index (κ3) is 6.74. The molecule has 2 N–H and O–H groups in total. The van der Waals surface area contributed by atoms with E-state index >= 15 is 0 Å². The highest BCUT2D eigenvalue weighted by atomic mass is 35.5. The van der Waals surface area contributed by atoms with Crippen molar-refractivity contribution in [3.63, 3.8) is 0 Å². The standard InChI is InChI=1S/C15H20ClN3OS/c1-15(2,3)21-19-13-7-6-11(16)10-12(13)14(20)18-9-5-4-8-17/h6-7,10,19H,4-5,9H2,1-3H3,(H,18,20). The van der Waals surface area contributed by atoms with Gasteiger partial charge in [0.15, 0.2) is 0 Å². The zero-order valence-electron chi connectivity index (χ0n) is 12.5. The van der Waals surface area contributed by atoms with E-state index in [9.17, 15) is 4.79 Å². The number of unbranched alkanes of at least 4 members (excludes halogenated alkanes) is 1. The second-order valence-corrected chi connectivity index (χ2v) is 7.59. The first-order valence-electron chi connectivity index (χ1n) is 6.72. The van der Waals surface area contributed by atoms with E-state index < -0.39 is 0 Å². The van der Waals surface area contributed by atoms with Gasteiger partial charge in [0.05, 0.1) is 17.3 Å². The molecule has 0 radical (unpaired) electrons. The summed E-state index contributed by atoms with van der Waals surface area (Å²) in [7, 11) is 0. The fourth-order valence-electron chi connectivity index (χ4n) is 1.47. The topological polar surface area (TPSA) is 64.9 Å². The van der Waals surface area contributed by atoms with Crippen LogP contribution in [0, 0.1) is 11.3 Å². The first-order valence-corrected chi connectivity index (χ1v) is 7.91. The molecule has 0 unspecified atom stereocenters. The fraction of sp³-hybridized carbons (Fsp3) is 0.467. The number of rotatable bonds is 6. The molecule has 1 aromatic carbocycles. The maximum atomic E-state index is 12.2. The van der Waals surface area contributed by atoms with Gasteiger partial charge >= 0.3 is 0 Å². The molecule has 0 saturated heterocycles. The number of amides is 1. The van der Waals surface area contributed by atoms with Gasteiger partial charge in [-0.15, -0.1) is 0 Å². The average Bonchev–Trinajstić information content (AvgIpc) is 2.41. The van der Waals surface area contributed by atoms with Crippen molar-refractivity contribution < 1.29 is 4.79 Å². The first-order chi connectivity index (χ1) is 9.83. The van der Waals surface area contributed by atoms with E-state index in [-0.39, 0.29) is 10.7 Å². The van der Waals surface area contributed by atoms with E-state index in [0.29, 0.717) is 30.0 Å². The maximum Gasteiger partial charge on any atom is 0.253 e. The Morgan fingerprint density at radius 3 is 2.76 bits per heavy atom. The number of nitrogens with one attached hydrogen (secondary N) is 2. The Bertz CT molecular complexity index is 535. The zero-order valence-corrected chi connectivity index (χ0v) is 14.1. The molecule has 0 aliphatic carbocycles. The van der Waals surface area contributed by atoms with Gasteiger partial charge in [0, 0.05) is 22.7 Å². The van der Waals surface area contributed by atoms with Crippen molar-refractivity contribution in [2.75, 3.05) is 11.3 Å². The highest BCUT2D eigenvalue weighted by Gasteiger charge is 2.15. The van der Waals surface area contributed by atoms with E-state index in [1.54, 1.807) is 18.2 Å². The first kappa shape index (κ1) is 17.7. The van der Waals surface area contributed by atoms with Gasteiger partial charge in [-0.3, -0.25) is 4.79 Å². The van der Waals surface area contributed by atoms with Crippen LogP contribution < -0.4 is 10.0 Å². The van der Waals surface area contributed by atoms with Crippen molar-refractivity contribution in [3.8, 4) is 6.07 Å². The van der Waals surface area contributed by atoms with Gasteiger partial charge in [0.2, 0.25) is 0 Å². The molecule has 1 rings (SSSR count). The second kappa shape index (κ2) is 8.16. The summed E-state index contributed by atoms with van der Waals surface area (Å²) < 4.78 is 3.24. The Kier molecular flexibility index (Phi) is 6.86. The number of nitrogens with zero attached hydrogens (tertiary/aromatic N) is 1. The highest BCUT2D eigenvalue weighted by Crippen LogP contribution is 2.28. The van der Waals surface area contributed by atoms with Gasteiger partial charge < -0.3 is 10.0 Å². The molecule has 0 aliphatic heterocycles. The summed E-state index contributed by atoms with van der Waals surface area (Å²) in [5.74, 6) is -0.188. The summed E-state index contributed by atoms with van der Waals surface area (Å²) in [4.78, 5) is 12.2. The lowest BCUT2D eigenvalue weighted by atomic mass is 10.1. The second-order valence-electron chi connectivity index (χ2n) is 5.52. The van der Waals surface area contributed by atoms with Crippen molar-refractivity contribution in [1.82, 2.24) is 5.32 Å². The lowest BCUT2D eigenvalue weighted by Gasteiger charge is -2.20. The quantitative estimate of drug-likeness (QED) is 0.606. The van der Waals surface area contributed by atoms with Gasteiger partial charge in [-0.05, 0) is 57.3 Å². The minimum atomic E-state index is -0.188. The van der Waals surface area contributed by atoms with Crippen molar-refractivity contribution in [1.29, 1.82) is 5.26 Å². The average molecular weight is 326 g/mol. The van der Waals surface area contributed by atoms with E-state index in [1.165, 1.54) is 11.9 Å². The highest BCUT2D eigenvalue weighted by molar-refractivity contribution is 8.01. The summed E-state index contributed by atoms with van der Waals surface area (Å²) in [5, 5.41) is 11.8. The van der Waals surface area contributed by atoms with E-state index in [2.05, 4.69) is 36.9 Å². The number of halogens is 1. The maximum absolute atomic E-state index is 12.2.